The highest BCUT2D eigenvalue weighted by Crippen LogP contribution is 2.19. The fraction of sp³-hybridized carbons (Fsp3) is 0.333. The first kappa shape index (κ1) is 14.2. The van der Waals surface area contributed by atoms with E-state index in [4.69, 9.17) is 9.47 Å². The molecule has 0 spiro atoms. The molecule has 88 valence electrons. The average molecular weight is 224 g/mol. The van der Waals surface area contributed by atoms with Crippen LogP contribution in [0.1, 0.15) is 27.7 Å². The van der Waals surface area contributed by atoms with Crippen LogP contribution in [0.25, 0.3) is 0 Å². The van der Waals surface area contributed by atoms with Gasteiger partial charge in [0.25, 0.3) is 0 Å². The maximum absolute atomic E-state index is 10.6. The smallest absolute Gasteiger partial charge is 0.308 e. The van der Waals surface area contributed by atoms with Gasteiger partial charge in [-0.3, -0.25) is 9.59 Å². The minimum absolute atomic E-state index is 0.358. The second-order valence-corrected chi connectivity index (χ2v) is 2.66. The van der Waals surface area contributed by atoms with Crippen molar-refractivity contribution in [2.24, 2.45) is 0 Å². The molecule has 0 unspecified atom stereocenters. The molecule has 0 aliphatic carbocycles. The van der Waals surface area contributed by atoms with Crippen LogP contribution in [-0.2, 0) is 9.59 Å². The number of rotatable bonds is 2. The van der Waals surface area contributed by atoms with E-state index in [1.807, 2.05) is 13.8 Å². The van der Waals surface area contributed by atoms with Crippen molar-refractivity contribution in [1.82, 2.24) is 0 Å². The largest absolute Gasteiger partial charge is 0.427 e. The van der Waals surface area contributed by atoms with E-state index < -0.39 is 11.9 Å². The van der Waals surface area contributed by atoms with E-state index in [0.29, 0.717) is 11.5 Å². The number of benzene rings is 1. The lowest BCUT2D eigenvalue weighted by Gasteiger charge is -2.03. The molecular formula is C12H16O4. The summed E-state index contributed by atoms with van der Waals surface area (Å²) in [5, 5.41) is 0. The Balaban J connectivity index is 0.00000106. The summed E-state index contributed by atoms with van der Waals surface area (Å²) in [6.45, 7) is 6.61. The zero-order valence-electron chi connectivity index (χ0n) is 9.94. The number of hydrogen-bond donors (Lipinski definition) is 0. The number of ether oxygens (including phenoxy) is 2. The molecule has 1 aromatic carbocycles. The maximum Gasteiger partial charge on any atom is 0.308 e. The Morgan fingerprint density at radius 3 is 1.62 bits per heavy atom. The molecule has 16 heavy (non-hydrogen) atoms. The predicted octanol–water partition coefficient (Wildman–Crippen LogP) is 2.56. The lowest BCUT2D eigenvalue weighted by Crippen LogP contribution is -2.03. The normalized spacial score (nSPS) is 8.50. The summed E-state index contributed by atoms with van der Waals surface area (Å²) in [7, 11) is 0. The number of esters is 2. The van der Waals surface area contributed by atoms with Crippen molar-refractivity contribution in [2.75, 3.05) is 0 Å². The second kappa shape index (κ2) is 7.45. The van der Waals surface area contributed by atoms with Gasteiger partial charge in [-0.25, -0.2) is 0 Å². The molecule has 0 aliphatic heterocycles. The third-order valence-corrected chi connectivity index (χ3v) is 1.33. The summed E-state index contributed by atoms with van der Waals surface area (Å²) in [5.41, 5.74) is 0. The van der Waals surface area contributed by atoms with E-state index >= 15 is 0 Å². The molecule has 0 bridgehead atoms. The number of hydrogen-bond acceptors (Lipinski definition) is 4. The molecule has 0 aromatic heterocycles. The lowest BCUT2D eigenvalue weighted by molar-refractivity contribution is -0.132. The molecule has 0 saturated heterocycles. The van der Waals surface area contributed by atoms with Gasteiger partial charge in [0.05, 0.1) is 0 Å². The highest BCUT2D eigenvalue weighted by molar-refractivity contribution is 5.71. The third-order valence-electron chi connectivity index (χ3n) is 1.33. The number of carbonyl (C=O) groups excluding carboxylic acids is 2. The highest BCUT2D eigenvalue weighted by atomic mass is 16.5. The quantitative estimate of drug-likeness (QED) is 0.572. The van der Waals surface area contributed by atoms with E-state index in [-0.39, 0.29) is 0 Å². The van der Waals surface area contributed by atoms with E-state index in [1.165, 1.54) is 19.9 Å². The van der Waals surface area contributed by atoms with Crippen molar-refractivity contribution in [2.45, 2.75) is 27.7 Å². The van der Waals surface area contributed by atoms with Crippen molar-refractivity contribution in [3.63, 3.8) is 0 Å². The Morgan fingerprint density at radius 2 is 1.31 bits per heavy atom. The first-order valence-corrected chi connectivity index (χ1v) is 5.05. The molecule has 0 N–H and O–H groups in total. The molecule has 0 amide bonds. The lowest BCUT2D eigenvalue weighted by atomic mass is 10.3. The monoisotopic (exact) mass is 224 g/mol. The van der Waals surface area contributed by atoms with E-state index in [1.54, 1.807) is 18.2 Å². The Labute approximate surface area is 95.2 Å². The van der Waals surface area contributed by atoms with Crippen LogP contribution in [0.15, 0.2) is 24.3 Å². The van der Waals surface area contributed by atoms with Crippen LogP contribution in [0.4, 0.5) is 0 Å². The fourth-order valence-corrected chi connectivity index (χ4v) is 0.933. The van der Waals surface area contributed by atoms with E-state index in [0.717, 1.165) is 0 Å². The zero-order valence-corrected chi connectivity index (χ0v) is 9.94. The molecule has 4 nitrogen and oxygen atoms in total. The van der Waals surface area contributed by atoms with Gasteiger partial charge in [0.1, 0.15) is 11.5 Å². The molecule has 0 heterocycles. The van der Waals surface area contributed by atoms with E-state index in [9.17, 15) is 9.59 Å². The third kappa shape index (κ3) is 5.80. The summed E-state index contributed by atoms with van der Waals surface area (Å²) in [6.07, 6.45) is 0. The first-order chi connectivity index (χ1) is 7.58. The van der Waals surface area contributed by atoms with Crippen molar-refractivity contribution in [3.8, 4) is 11.5 Å². The van der Waals surface area contributed by atoms with Crippen LogP contribution in [0.5, 0.6) is 11.5 Å². The fourth-order valence-electron chi connectivity index (χ4n) is 0.933. The minimum Gasteiger partial charge on any atom is -0.427 e. The van der Waals surface area contributed by atoms with Crippen molar-refractivity contribution < 1.29 is 19.1 Å². The summed E-state index contributed by atoms with van der Waals surface area (Å²) >= 11 is 0. The Morgan fingerprint density at radius 1 is 0.938 bits per heavy atom. The minimum atomic E-state index is -0.412. The number of carbonyl (C=O) groups is 2. The summed E-state index contributed by atoms with van der Waals surface area (Å²) in [4.78, 5) is 21.2. The average Bonchev–Trinajstić information content (AvgIpc) is 2.19. The molecular weight excluding hydrogens is 208 g/mol. The van der Waals surface area contributed by atoms with Gasteiger partial charge in [-0.05, 0) is 12.1 Å². The molecule has 0 fully saturated rings. The van der Waals surface area contributed by atoms with Gasteiger partial charge >= 0.3 is 11.9 Å². The maximum atomic E-state index is 10.6. The van der Waals surface area contributed by atoms with Gasteiger partial charge in [0.2, 0.25) is 0 Å². The Kier molecular flexibility index (Phi) is 6.59. The molecule has 0 aliphatic rings. The van der Waals surface area contributed by atoms with Gasteiger partial charge in [0, 0.05) is 19.9 Å². The van der Waals surface area contributed by atoms with Gasteiger partial charge < -0.3 is 9.47 Å². The SMILES string of the molecule is CC.CC(=O)Oc1cccc(OC(C)=O)c1. The van der Waals surface area contributed by atoms with Gasteiger partial charge in [-0.2, -0.15) is 0 Å². The molecule has 0 saturated carbocycles. The second-order valence-electron chi connectivity index (χ2n) is 2.66. The molecule has 1 aromatic rings. The van der Waals surface area contributed by atoms with Crippen molar-refractivity contribution in [1.29, 1.82) is 0 Å². The Hall–Kier alpha value is -1.84. The highest BCUT2D eigenvalue weighted by Gasteiger charge is 2.01. The first-order valence-electron chi connectivity index (χ1n) is 5.05. The molecule has 0 atom stereocenters. The summed E-state index contributed by atoms with van der Waals surface area (Å²) in [6, 6.07) is 6.32. The predicted molar refractivity (Wildman–Crippen MR) is 60.4 cm³/mol. The van der Waals surface area contributed by atoms with Crippen molar-refractivity contribution in [3.05, 3.63) is 24.3 Å². The molecule has 1 rings (SSSR count). The standard InChI is InChI=1S/C10H10O4.C2H6/c1-7(11)13-9-4-3-5-10(6-9)14-8(2)12;1-2/h3-6H,1-2H3;1-2H3. The van der Waals surface area contributed by atoms with Crippen LogP contribution in [0.3, 0.4) is 0 Å². The van der Waals surface area contributed by atoms with Crippen LogP contribution in [0, 0.1) is 0 Å². The topological polar surface area (TPSA) is 52.6 Å². The van der Waals surface area contributed by atoms with Crippen molar-refractivity contribution >= 4 is 11.9 Å². The summed E-state index contributed by atoms with van der Waals surface area (Å²) in [5.74, 6) is -0.109. The molecule has 0 radical (unpaired) electrons. The zero-order chi connectivity index (χ0) is 12.6. The van der Waals surface area contributed by atoms with Gasteiger partial charge in [-0.15, -0.1) is 0 Å². The van der Waals surface area contributed by atoms with E-state index in [2.05, 4.69) is 0 Å². The van der Waals surface area contributed by atoms with Crippen LogP contribution >= 0.6 is 0 Å². The van der Waals surface area contributed by atoms with Crippen LogP contribution < -0.4 is 9.47 Å². The Bertz CT molecular complexity index is 327. The summed E-state index contributed by atoms with van der Waals surface area (Å²) < 4.78 is 9.61. The van der Waals surface area contributed by atoms with Crippen LogP contribution in [-0.4, -0.2) is 11.9 Å². The van der Waals surface area contributed by atoms with Crippen LogP contribution in [0.2, 0.25) is 0 Å². The van der Waals surface area contributed by atoms with Gasteiger partial charge in [0.15, 0.2) is 0 Å². The van der Waals surface area contributed by atoms with Gasteiger partial charge in [-0.1, -0.05) is 19.9 Å². The molecule has 4 heteroatoms.